The van der Waals surface area contributed by atoms with E-state index >= 15 is 0 Å². The highest BCUT2D eigenvalue weighted by Crippen LogP contribution is 2.18. The molecule has 1 aromatic carbocycles. The van der Waals surface area contributed by atoms with E-state index in [1.807, 2.05) is 12.3 Å². The van der Waals surface area contributed by atoms with E-state index in [-0.39, 0.29) is 12.5 Å². The van der Waals surface area contributed by atoms with Crippen LogP contribution in [0.15, 0.2) is 36.7 Å². The molecule has 1 amide bonds. The van der Waals surface area contributed by atoms with Crippen molar-refractivity contribution in [1.29, 1.82) is 0 Å². The molecule has 28 heavy (non-hydrogen) atoms. The molecule has 0 spiro atoms. The van der Waals surface area contributed by atoms with Gasteiger partial charge in [-0.25, -0.2) is 9.97 Å². The van der Waals surface area contributed by atoms with Gasteiger partial charge < -0.3 is 15.7 Å². The average Bonchev–Trinajstić information content (AvgIpc) is 2.72. The first-order chi connectivity index (χ1) is 13.7. The maximum absolute atomic E-state index is 12.3. The molecule has 0 unspecified atom stereocenters. The van der Waals surface area contributed by atoms with Crippen molar-refractivity contribution < 1.29 is 9.90 Å². The van der Waals surface area contributed by atoms with Crippen LogP contribution in [0.4, 0.5) is 5.82 Å². The number of anilines is 1. The molecule has 150 valence electrons. The predicted molar refractivity (Wildman–Crippen MR) is 113 cm³/mol. The zero-order chi connectivity index (χ0) is 19.8. The Bertz CT molecular complexity index is 789. The van der Waals surface area contributed by atoms with Gasteiger partial charge in [-0.05, 0) is 23.8 Å². The molecular weight excluding hydrogens is 374 g/mol. The van der Waals surface area contributed by atoms with Crippen LogP contribution in [0.2, 0.25) is 0 Å². The summed E-state index contributed by atoms with van der Waals surface area (Å²) in [5, 5.41) is 16.3. The fraction of sp³-hybridized carbons (Fsp3) is 0.450. The summed E-state index contributed by atoms with van der Waals surface area (Å²) < 4.78 is 0. The molecule has 3 N–H and O–H groups in total. The van der Waals surface area contributed by atoms with Gasteiger partial charge in [-0.1, -0.05) is 24.3 Å². The lowest BCUT2D eigenvalue weighted by Gasteiger charge is -2.30. The van der Waals surface area contributed by atoms with Gasteiger partial charge in [0.05, 0.1) is 6.10 Å². The van der Waals surface area contributed by atoms with E-state index in [9.17, 15) is 9.90 Å². The lowest BCUT2D eigenvalue weighted by Crippen LogP contribution is -2.42. The number of hydrogen-bond acceptors (Lipinski definition) is 7. The third-order valence-corrected chi connectivity index (χ3v) is 5.30. The van der Waals surface area contributed by atoms with Gasteiger partial charge in [-0.15, -0.1) is 0 Å². The second kappa shape index (κ2) is 10.4. The Hall–Kier alpha value is -2.16. The summed E-state index contributed by atoms with van der Waals surface area (Å²) in [5.41, 5.74) is 2.99. The molecule has 7 nitrogen and oxygen atoms in total. The Kier molecular flexibility index (Phi) is 7.64. The fourth-order valence-corrected chi connectivity index (χ4v) is 3.54. The Labute approximate surface area is 170 Å². The van der Waals surface area contributed by atoms with E-state index in [2.05, 4.69) is 43.7 Å². The number of thioether (sulfide) groups is 1. The van der Waals surface area contributed by atoms with Gasteiger partial charge in [0.25, 0.3) is 5.91 Å². The van der Waals surface area contributed by atoms with Crippen LogP contribution in [0.3, 0.4) is 0 Å². The van der Waals surface area contributed by atoms with Crippen molar-refractivity contribution in [2.45, 2.75) is 19.1 Å². The smallest absolute Gasteiger partial charge is 0.270 e. The van der Waals surface area contributed by atoms with Crippen LogP contribution < -0.4 is 10.6 Å². The topological polar surface area (TPSA) is 90.4 Å². The third kappa shape index (κ3) is 5.92. The number of aromatic nitrogens is 2. The molecule has 8 heteroatoms. The number of nitrogens with zero attached hydrogens (tertiary/aromatic N) is 3. The number of aliphatic hydroxyl groups is 1. The van der Waals surface area contributed by atoms with Gasteiger partial charge in [-0.3, -0.25) is 9.69 Å². The highest BCUT2D eigenvalue weighted by atomic mass is 32.2. The molecule has 0 saturated heterocycles. The molecule has 3 rings (SSSR count). The molecule has 0 bridgehead atoms. The summed E-state index contributed by atoms with van der Waals surface area (Å²) in [4.78, 5) is 22.7. The van der Waals surface area contributed by atoms with E-state index in [0.29, 0.717) is 18.1 Å². The van der Waals surface area contributed by atoms with Crippen LogP contribution in [-0.4, -0.2) is 70.2 Å². The molecule has 1 aliphatic rings. The first-order valence-corrected chi connectivity index (χ1v) is 10.9. The van der Waals surface area contributed by atoms with Crippen LogP contribution in [0.5, 0.6) is 0 Å². The number of nitrogens with one attached hydrogen (secondary N) is 2. The number of carbonyl (C=O) groups excluding carboxylic acids is 1. The lowest BCUT2D eigenvalue weighted by atomic mass is 10.00. The van der Waals surface area contributed by atoms with Crippen molar-refractivity contribution in [3.05, 3.63) is 53.5 Å². The fourth-order valence-electron chi connectivity index (χ4n) is 3.23. The number of β-amino-alcohol motifs (C(OH)–C–C–N with tert-alkyl or cyclic N) is 1. The predicted octanol–water partition coefficient (Wildman–Crippen LogP) is 1.40. The molecule has 0 fully saturated rings. The largest absolute Gasteiger partial charge is 0.390 e. The third-order valence-electron chi connectivity index (χ3n) is 4.69. The van der Waals surface area contributed by atoms with Crippen molar-refractivity contribution in [1.82, 2.24) is 20.2 Å². The lowest BCUT2D eigenvalue weighted by molar-refractivity contribution is 0.0838. The van der Waals surface area contributed by atoms with Crippen LogP contribution in [0, 0.1) is 0 Å². The summed E-state index contributed by atoms with van der Waals surface area (Å²) in [6, 6.07) is 10.0. The van der Waals surface area contributed by atoms with Gasteiger partial charge in [0.2, 0.25) is 0 Å². The van der Waals surface area contributed by atoms with Crippen molar-refractivity contribution in [3.8, 4) is 0 Å². The van der Waals surface area contributed by atoms with Crippen LogP contribution in [0.1, 0.15) is 21.6 Å². The highest BCUT2D eigenvalue weighted by Gasteiger charge is 2.19. The van der Waals surface area contributed by atoms with E-state index in [1.54, 1.807) is 17.8 Å². The maximum Gasteiger partial charge on any atom is 0.270 e. The van der Waals surface area contributed by atoms with Crippen molar-refractivity contribution >= 4 is 23.5 Å². The van der Waals surface area contributed by atoms with Gasteiger partial charge in [0, 0.05) is 44.5 Å². The van der Waals surface area contributed by atoms with Crippen LogP contribution >= 0.6 is 11.8 Å². The number of carbonyl (C=O) groups is 1. The molecule has 0 aliphatic carbocycles. The highest BCUT2D eigenvalue weighted by molar-refractivity contribution is 7.98. The summed E-state index contributed by atoms with van der Waals surface area (Å²) in [5.74, 6) is 1.28. The van der Waals surface area contributed by atoms with Crippen molar-refractivity contribution in [2.24, 2.45) is 0 Å². The number of fused-ring (bicyclic) bond motifs is 1. The molecule has 2 aromatic rings. The van der Waals surface area contributed by atoms with Gasteiger partial charge >= 0.3 is 0 Å². The number of hydrogen-bond donors (Lipinski definition) is 3. The van der Waals surface area contributed by atoms with E-state index in [4.69, 9.17) is 0 Å². The SMILES string of the molecule is CSCCNc1cc(C(=O)NC[C@H](O)CN2CCc3ccccc3C2)ncn1. The Morgan fingerprint density at radius 3 is 2.96 bits per heavy atom. The second-order valence-electron chi connectivity index (χ2n) is 6.83. The Balaban J connectivity index is 1.45. The van der Waals surface area contributed by atoms with Crippen molar-refractivity contribution in [3.63, 3.8) is 0 Å². The zero-order valence-corrected chi connectivity index (χ0v) is 16.9. The van der Waals surface area contributed by atoms with Crippen LogP contribution in [-0.2, 0) is 13.0 Å². The number of amides is 1. The molecule has 0 radical (unpaired) electrons. The first-order valence-electron chi connectivity index (χ1n) is 9.46. The molecular formula is C20H27N5O2S. The molecule has 1 aliphatic heterocycles. The summed E-state index contributed by atoms with van der Waals surface area (Å²) in [6.07, 6.45) is 3.77. The number of aliphatic hydroxyl groups excluding tert-OH is 1. The Morgan fingerprint density at radius 1 is 1.32 bits per heavy atom. The van der Waals surface area contributed by atoms with Gasteiger partial charge in [0.15, 0.2) is 0 Å². The molecule has 1 atom stereocenters. The number of benzene rings is 1. The normalized spacial score (nSPS) is 14.9. The summed E-state index contributed by atoms with van der Waals surface area (Å²) in [6.45, 7) is 3.24. The minimum atomic E-state index is -0.629. The zero-order valence-electron chi connectivity index (χ0n) is 16.1. The minimum absolute atomic E-state index is 0.191. The second-order valence-corrected chi connectivity index (χ2v) is 7.81. The molecule has 1 aromatic heterocycles. The molecule has 0 saturated carbocycles. The average molecular weight is 402 g/mol. The van der Waals surface area contributed by atoms with Gasteiger partial charge in [-0.2, -0.15) is 11.8 Å². The van der Waals surface area contributed by atoms with Crippen molar-refractivity contribution in [2.75, 3.05) is 43.5 Å². The van der Waals surface area contributed by atoms with E-state index in [0.717, 1.165) is 31.8 Å². The standard InChI is InChI=1S/C20H27N5O2S/c1-28-9-7-21-19-10-18(23-14-24-19)20(27)22-11-17(26)13-25-8-6-15-4-2-3-5-16(15)12-25/h2-5,10,14,17,26H,6-9,11-13H2,1H3,(H,22,27)(H,21,23,24)/t17-/m0/s1. The van der Waals surface area contributed by atoms with E-state index in [1.165, 1.54) is 17.5 Å². The summed E-state index contributed by atoms with van der Waals surface area (Å²) in [7, 11) is 0. The van der Waals surface area contributed by atoms with E-state index < -0.39 is 6.10 Å². The molecule has 2 heterocycles. The maximum atomic E-state index is 12.3. The number of rotatable bonds is 9. The monoisotopic (exact) mass is 401 g/mol. The van der Waals surface area contributed by atoms with Gasteiger partial charge in [0.1, 0.15) is 17.8 Å². The van der Waals surface area contributed by atoms with Crippen LogP contribution in [0.25, 0.3) is 0 Å². The Morgan fingerprint density at radius 2 is 2.14 bits per heavy atom. The summed E-state index contributed by atoms with van der Waals surface area (Å²) >= 11 is 1.74. The minimum Gasteiger partial charge on any atom is -0.390 e. The first kappa shape index (κ1) is 20.6. The quantitative estimate of drug-likeness (QED) is 0.547.